The van der Waals surface area contributed by atoms with Gasteiger partial charge in [0.25, 0.3) is 5.91 Å². The summed E-state index contributed by atoms with van der Waals surface area (Å²) >= 11 is 4.88. The zero-order valence-electron chi connectivity index (χ0n) is 10.9. The first-order valence-corrected chi connectivity index (χ1v) is 6.71. The summed E-state index contributed by atoms with van der Waals surface area (Å²) in [6, 6.07) is 7.02. The summed E-state index contributed by atoms with van der Waals surface area (Å²) in [7, 11) is 0. The molecule has 0 saturated carbocycles. The highest BCUT2D eigenvalue weighted by atomic mass is 32.1. The molecule has 19 heavy (non-hydrogen) atoms. The van der Waals surface area contributed by atoms with Crippen LogP contribution in [0.1, 0.15) is 35.7 Å². The van der Waals surface area contributed by atoms with Crippen molar-refractivity contribution in [3.8, 4) is 0 Å². The minimum atomic E-state index is -0.183. The molecule has 5 heteroatoms. The SMILES string of the molecule is CC1(NC(=O)c2ccc(C(N)=S)cc2)CCOCC1. The number of benzene rings is 1. The Hall–Kier alpha value is -1.46. The molecule has 1 aliphatic heterocycles. The molecule has 0 aliphatic carbocycles. The lowest BCUT2D eigenvalue weighted by molar-refractivity contribution is 0.0423. The van der Waals surface area contributed by atoms with Crippen molar-refractivity contribution in [3.05, 3.63) is 35.4 Å². The normalized spacial score (nSPS) is 17.7. The zero-order chi connectivity index (χ0) is 13.9. The molecule has 102 valence electrons. The average molecular weight is 278 g/mol. The van der Waals surface area contributed by atoms with Crippen LogP contribution in [0.4, 0.5) is 0 Å². The topological polar surface area (TPSA) is 64.4 Å². The Kier molecular flexibility index (Phi) is 4.17. The van der Waals surface area contributed by atoms with E-state index in [4.69, 9.17) is 22.7 Å². The molecule has 0 unspecified atom stereocenters. The van der Waals surface area contributed by atoms with Gasteiger partial charge in [0, 0.05) is 29.9 Å². The van der Waals surface area contributed by atoms with Gasteiger partial charge < -0.3 is 15.8 Å². The van der Waals surface area contributed by atoms with Gasteiger partial charge in [0.2, 0.25) is 0 Å². The van der Waals surface area contributed by atoms with Crippen LogP contribution in [0.5, 0.6) is 0 Å². The maximum atomic E-state index is 12.2. The lowest BCUT2D eigenvalue weighted by Crippen LogP contribution is -2.49. The average Bonchev–Trinajstić information content (AvgIpc) is 2.39. The van der Waals surface area contributed by atoms with E-state index in [1.165, 1.54) is 0 Å². The summed E-state index contributed by atoms with van der Waals surface area (Å²) < 4.78 is 5.31. The van der Waals surface area contributed by atoms with E-state index in [2.05, 4.69) is 12.2 Å². The van der Waals surface area contributed by atoms with Crippen LogP contribution in [0.3, 0.4) is 0 Å². The van der Waals surface area contributed by atoms with Gasteiger partial charge in [-0.1, -0.05) is 24.4 Å². The van der Waals surface area contributed by atoms with E-state index in [9.17, 15) is 4.79 Å². The predicted octanol–water partition coefficient (Wildman–Crippen LogP) is 1.62. The van der Waals surface area contributed by atoms with Gasteiger partial charge in [-0.05, 0) is 31.9 Å². The number of carbonyl (C=O) groups excluding carboxylic acids is 1. The number of hydrogen-bond acceptors (Lipinski definition) is 3. The number of amides is 1. The third kappa shape index (κ3) is 3.52. The fourth-order valence-corrected chi connectivity index (χ4v) is 2.22. The Bertz CT molecular complexity index is 479. The molecule has 0 radical (unpaired) electrons. The second-order valence-electron chi connectivity index (χ2n) is 5.07. The van der Waals surface area contributed by atoms with Crippen molar-refractivity contribution < 1.29 is 9.53 Å². The zero-order valence-corrected chi connectivity index (χ0v) is 11.8. The van der Waals surface area contributed by atoms with Crippen LogP contribution in [0, 0.1) is 0 Å². The molecule has 1 aromatic rings. The molecule has 1 saturated heterocycles. The van der Waals surface area contributed by atoms with Crippen molar-refractivity contribution in [1.82, 2.24) is 5.32 Å². The van der Waals surface area contributed by atoms with Crippen LogP contribution in [0.15, 0.2) is 24.3 Å². The van der Waals surface area contributed by atoms with E-state index in [1.54, 1.807) is 24.3 Å². The standard InChI is InChI=1S/C14H18N2O2S/c1-14(6-8-18-9-7-14)16-13(17)11-4-2-10(3-5-11)12(15)19/h2-5H,6-9H2,1H3,(H2,15,19)(H,16,17). The summed E-state index contributed by atoms with van der Waals surface area (Å²) in [6.07, 6.45) is 1.67. The Morgan fingerprint density at radius 3 is 2.32 bits per heavy atom. The van der Waals surface area contributed by atoms with Gasteiger partial charge in [-0.2, -0.15) is 0 Å². The van der Waals surface area contributed by atoms with Crippen molar-refractivity contribution in [2.45, 2.75) is 25.3 Å². The van der Waals surface area contributed by atoms with Crippen LogP contribution in [-0.2, 0) is 4.74 Å². The van der Waals surface area contributed by atoms with E-state index < -0.39 is 0 Å². The molecule has 1 amide bonds. The van der Waals surface area contributed by atoms with Gasteiger partial charge in [-0.15, -0.1) is 0 Å². The third-order valence-corrected chi connectivity index (χ3v) is 3.68. The fourth-order valence-electron chi connectivity index (χ4n) is 2.08. The summed E-state index contributed by atoms with van der Waals surface area (Å²) in [6.45, 7) is 3.44. The van der Waals surface area contributed by atoms with Crippen LogP contribution >= 0.6 is 12.2 Å². The number of hydrogen-bond donors (Lipinski definition) is 2. The van der Waals surface area contributed by atoms with Crippen LogP contribution in [0.25, 0.3) is 0 Å². The first kappa shape index (κ1) is 14.0. The fraction of sp³-hybridized carbons (Fsp3) is 0.429. The Labute approximate surface area is 118 Å². The van der Waals surface area contributed by atoms with Crippen LogP contribution in [-0.4, -0.2) is 29.6 Å². The Balaban J connectivity index is 2.05. The molecule has 1 heterocycles. The van der Waals surface area contributed by atoms with Crippen molar-refractivity contribution in [2.75, 3.05) is 13.2 Å². The molecular formula is C14H18N2O2S. The molecule has 2 rings (SSSR count). The third-order valence-electron chi connectivity index (χ3n) is 3.44. The van der Waals surface area contributed by atoms with Gasteiger partial charge in [0.1, 0.15) is 4.99 Å². The number of ether oxygens (including phenoxy) is 1. The minimum absolute atomic E-state index is 0.0705. The summed E-state index contributed by atoms with van der Waals surface area (Å²) in [5.41, 5.74) is 6.73. The number of thiocarbonyl (C=S) groups is 1. The van der Waals surface area contributed by atoms with E-state index in [0.29, 0.717) is 23.8 Å². The quantitative estimate of drug-likeness (QED) is 0.825. The minimum Gasteiger partial charge on any atom is -0.389 e. The van der Waals surface area contributed by atoms with Gasteiger partial charge in [0.05, 0.1) is 0 Å². The van der Waals surface area contributed by atoms with Crippen molar-refractivity contribution in [3.63, 3.8) is 0 Å². The summed E-state index contributed by atoms with van der Waals surface area (Å²) in [4.78, 5) is 12.5. The smallest absolute Gasteiger partial charge is 0.251 e. The molecule has 1 aromatic carbocycles. The molecule has 4 nitrogen and oxygen atoms in total. The summed E-state index contributed by atoms with van der Waals surface area (Å²) in [5.74, 6) is -0.0705. The number of carbonyl (C=O) groups is 1. The molecule has 3 N–H and O–H groups in total. The van der Waals surface area contributed by atoms with Gasteiger partial charge >= 0.3 is 0 Å². The predicted molar refractivity (Wildman–Crippen MR) is 78.3 cm³/mol. The molecule has 0 spiro atoms. The highest BCUT2D eigenvalue weighted by Crippen LogP contribution is 2.20. The maximum absolute atomic E-state index is 12.2. The molecule has 1 aliphatic rings. The van der Waals surface area contributed by atoms with Crippen molar-refractivity contribution in [1.29, 1.82) is 0 Å². The highest BCUT2D eigenvalue weighted by molar-refractivity contribution is 7.80. The molecule has 0 aromatic heterocycles. The van der Waals surface area contributed by atoms with Crippen LogP contribution in [0.2, 0.25) is 0 Å². The Morgan fingerprint density at radius 2 is 1.79 bits per heavy atom. The second-order valence-corrected chi connectivity index (χ2v) is 5.51. The van der Waals surface area contributed by atoms with Crippen molar-refractivity contribution >= 4 is 23.1 Å². The van der Waals surface area contributed by atoms with Gasteiger partial charge in [-0.25, -0.2) is 0 Å². The lowest BCUT2D eigenvalue weighted by Gasteiger charge is -2.34. The first-order chi connectivity index (χ1) is 9.00. The van der Waals surface area contributed by atoms with Gasteiger partial charge in [-0.3, -0.25) is 4.79 Å². The highest BCUT2D eigenvalue weighted by Gasteiger charge is 2.29. The van der Waals surface area contributed by atoms with Gasteiger partial charge in [0.15, 0.2) is 0 Å². The molecule has 0 atom stereocenters. The lowest BCUT2D eigenvalue weighted by atomic mass is 9.92. The molecule has 1 fully saturated rings. The number of nitrogens with two attached hydrogens (primary N) is 1. The largest absolute Gasteiger partial charge is 0.389 e. The molecule has 0 bridgehead atoms. The second kappa shape index (κ2) is 5.67. The Morgan fingerprint density at radius 1 is 1.26 bits per heavy atom. The van der Waals surface area contributed by atoms with E-state index in [1.807, 2.05) is 0 Å². The number of nitrogens with one attached hydrogen (secondary N) is 1. The van der Waals surface area contributed by atoms with Crippen molar-refractivity contribution in [2.24, 2.45) is 5.73 Å². The van der Waals surface area contributed by atoms with E-state index in [0.717, 1.165) is 18.4 Å². The van der Waals surface area contributed by atoms with E-state index >= 15 is 0 Å². The molecular weight excluding hydrogens is 260 g/mol. The number of rotatable bonds is 3. The monoisotopic (exact) mass is 278 g/mol. The van der Waals surface area contributed by atoms with Crippen LogP contribution < -0.4 is 11.1 Å². The maximum Gasteiger partial charge on any atom is 0.251 e. The van der Waals surface area contributed by atoms with E-state index in [-0.39, 0.29) is 11.4 Å². The summed E-state index contributed by atoms with van der Waals surface area (Å²) in [5, 5.41) is 3.08. The first-order valence-electron chi connectivity index (χ1n) is 6.30.